The minimum atomic E-state index is -0.500. The maximum absolute atomic E-state index is 13.5. The number of aryl methyl sites for hydroxylation is 2. The van der Waals surface area contributed by atoms with Gasteiger partial charge in [0.2, 0.25) is 5.95 Å². The molecule has 0 bridgehead atoms. The molecular weight excluding hydrogens is 573 g/mol. The van der Waals surface area contributed by atoms with Gasteiger partial charge < -0.3 is 9.13 Å². The molecule has 0 aliphatic carbocycles. The molecule has 2 aliphatic heterocycles. The van der Waals surface area contributed by atoms with Crippen molar-refractivity contribution in [3.8, 4) is 11.3 Å². The lowest BCUT2D eigenvalue weighted by atomic mass is 10.0. The Morgan fingerprint density at radius 1 is 0.636 bits per heavy atom. The molecule has 2 aliphatic rings. The van der Waals surface area contributed by atoms with Crippen LogP contribution in [0.1, 0.15) is 47.7 Å². The van der Waals surface area contributed by atoms with Crippen LogP contribution in [0.2, 0.25) is 5.15 Å². The molecule has 0 saturated heterocycles. The molecule has 0 amide bonds. The van der Waals surface area contributed by atoms with Crippen LogP contribution in [-0.2, 0) is 12.8 Å². The summed E-state index contributed by atoms with van der Waals surface area (Å²) in [5.74, 6) is 1.67. The van der Waals surface area contributed by atoms with Gasteiger partial charge >= 0.3 is 0 Å². The Morgan fingerprint density at radius 2 is 1.20 bits per heavy atom. The highest BCUT2D eigenvalue weighted by atomic mass is 35.5. The lowest BCUT2D eigenvalue weighted by molar-refractivity contribution is 0.584. The van der Waals surface area contributed by atoms with Gasteiger partial charge in [-0.3, -0.25) is 0 Å². The third-order valence-electron chi connectivity index (χ3n) is 8.48. The Morgan fingerprint density at radius 3 is 1.80 bits per heavy atom. The van der Waals surface area contributed by atoms with Crippen LogP contribution in [0.3, 0.4) is 0 Å². The smallest absolute Gasteiger partial charge is 0.213 e. The third-order valence-corrected chi connectivity index (χ3v) is 8.69. The first kappa shape index (κ1) is 26.7. The van der Waals surface area contributed by atoms with Crippen LogP contribution in [0.4, 0.5) is 4.39 Å². The maximum Gasteiger partial charge on any atom is 0.213 e. The summed E-state index contributed by atoms with van der Waals surface area (Å²) in [6.07, 6.45) is 5.50. The van der Waals surface area contributed by atoms with Crippen molar-refractivity contribution in [3.63, 3.8) is 0 Å². The van der Waals surface area contributed by atoms with Crippen LogP contribution in [0.25, 0.3) is 33.6 Å². The fourth-order valence-electron chi connectivity index (χ4n) is 6.52. The summed E-state index contributed by atoms with van der Waals surface area (Å²) in [5.41, 5.74) is 7.60. The molecule has 0 N–H and O–H groups in total. The lowest BCUT2D eigenvalue weighted by Gasteiger charge is -2.14. The van der Waals surface area contributed by atoms with Crippen molar-refractivity contribution in [1.29, 1.82) is 0 Å². The van der Waals surface area contributed by atoms with Gasteiger partial charge in [-0.1, -0.05) is 72.3 Å². The van der Waals surface area contributed by atoms with E-state index in [2.05, 4.69) is 72.6 Å². The van der Waals surface area contributed by atoms with Crippen LogP contribution in [0.5, 0.6) is 0 Å². The van der Waals surface area contributed by atoms with E-state index >= 15 is 0 Å². The summed E-state index contributed by atoms with van der Waals surface area (Å²) in [4.78, 5) is 22.3. The topological polar surface area (TPSA) is 74.3 Å². The van der Waals surface area contributed by atoms with Crippen molar-refractivity contribution in [3.05, 3.63) is 137 Å². The summed E-state index contributed by atoms with van der Waals surface area (Å²) in [6, 6.07) is 32.3. The lowest BCUT2D eigenvalue weighted by Crippen LogP contribution is -2.06. The van der Waals surface area contributed by atoms with E-state index in [4.69, 9.17) is 21.6 Å². The van der Waals surface area contributed by atoms with Crippen LogP contribution >= 0.6 is 11.6 Å². The molecule has 7 nitrogen and oxygen atoms in total. The Balaban J connectivity index is 0.000000136. The highest BCUT2D eigenvalue weighted by Gasteiger charge is 2.29. The number of imidazole rings is 2. The van der Waals surface area contributed by atoms with Gasteiger partial charge in [0.25, 0.3) is 0 Å². The standard InChI is InChI=1S/C20H15FN4.C15H12ClN3/c21-18-12-14(10-11-22-18)15-6-7-16-20(24-15)25-17(8-9-19(25)23-16)13-4-2-1-3-5-13;16-13-8-6-11-15(18-13)19-12(7-9-14(19)17-11)10-4-2-1-3-5-10/h1-7,10-12,17H,8-9H2;1-6,8,12H,7,9H2/t17-;12-/m11/s1. The molecule has 0 spiro atoms. The average Bonchev–Trinajstić information content (AvgIpc) is 3.83. The van der Waals surface area contributed by atoms with Crippen LogP contribution in [-0.4, -0.2) is 34.1 Å². The van der Waals surface area contributed by atoms with E-state index in [0.717, 1.165) is 70.9 Å². The Labute approximate surface area is 258 Å². The van der Waals surface area contributed by atoms with Gasteiger partial charge in [0.15, 0.2) is 11.3 Å². The van der Waals surface area contributed by atoms with Crippen molar-refractivity contribution in [2.45, 2.75) is 37.8 Å². The van der Waals surface area contributed by atoms with Gasteiger partial charge in [0.1, 0.15) is 27.8 Å². The number of benzene rings is 2. The molecule has 2 aromatic carbocycles. The Bertz CT molecular complexity index is 2120. The zero-order valence-electron chi connectivity index (χ0n) is 23.7. The summed E-state index contributed by atoms with van der Waals surface area (Å²) in [6.45, 7) is 0. The van der Waals surface area contributed by atoms with Crippen molar-refractivity contribution in [1.82, 2.24) is 34.1 Å². The van der Waals surface area contributed by atoms with E-state index < -0.39 is 5.95 Å². The first-order valence-corrected chi connectivity index (χ1v) is 15.1. The molecule has 216 valence electrons. The fraction of sp³-hybridized carbons (Fsp3) is 0.171. The minimum absolute atomic E-state index is 0.248. The molecule has 0 saturated carbocycles. The molecule has 0 radical (unpaired) electrons. The Kier molecular flexibility index (Phi) is 6.64. The predicted molar refractivity (Wildman–Crippen MR) is 169 cm³/mol. The normalized spacial score (nSPS) is 17.0. The average molecular weight is 600 g/mol. The molecule has 9 heteroatoms. The quantitative estimate of drug-likeness (QED) is 0.194. The molecule has 7 heterocycles. The van der Waals surface area contributed by atoms with Crippen molar-refractivity contribution >= 4 is 33.9 Å². The number of rotatable bonds is 3. The summed E-state index contributed by atoms with van der Waals surface area (Å²) < 4.78 is 17.9. The monoisotopic (exact) mass is 599 g/mol. The Hall–Kier alpha value is -4.95. The molecule has 9 rings (SSSR count). The molecule has 0 fully saturated rings. The van der Waals surface area contributed by atoms with E-state index in [9.17, 15) is 4.39 Å². The van der Waals surface area contributed by atoms with E-state index in [1.54, 1.807) is 12.1 Å². The van der Waals surface area contributed by atoms with E-state index in [0.29, 0.717) is 11.2 Å². The molecular formula is C35H27ClFN7. The number of pyridine rings is 3. The highest BCUT2D eigenvalue weighted by molar-refractivity contribution is 6.29. The van der Waals surface area contributed by atoms with Crippen molar-refractivity contribution in [2.75, 3.05) is 0 Å². The van der Waals surface area contributed by atoms with E-state index in [1.807, 2.05) is 30.3 Å². The summed E-state index contributed by atoms with van der Waals surface area (Å²) in [7, 11) is 0. The molecule has 7 aromatic rings. The maximum atomic E-state index is 13.5. The minimum Gasteiger partial charge on any atom is -0.305 e. The second kappa shape index (κ2) is 11.0. The number of hydrogen-bond acceptors (Lipinski definition) is 5. The number of nitrogens with zero attached hydrogens (tertiary/aromatic N) is 7. The zero-order valence-corrected chi connectivity index (χ0v) is 24.4. The fourth-order valence-corrected chi connectivity index (χ4v) is 6.66. The van der Waals surface area contributed by atoms with Gasteiger partial charge in [-0.25, -0.2) is 24.9 Å². The first-order valence-electron chi connectivity index (χ1n) is 14.8. The van der Waals surface area contributed by atoms with Crippen molar-refractivity contribution in [2.24, 2.45) is 0 Å². The number of halogens is 2. The van der Waals surface area contributed by atoms with Gasteiger partial charge in [-0.05, 0) is 54.3 Å². The van der Waals surface area contributed by atoms with Gasteiger partial charge in [0.05, 0.1) is 17.8 Å². The predicted octanol–water partition coefficient (Wildman–Crippen LogP) is 7.79. The van der Waals surface area contributed by atoms with Crippen LogP contribution < -0.4 is 0 Å². The SMILES string of the molecule is Clc1ccc2nc3n(c2n1)[C@@H](c1ccccc1)CC3.Fc1cc(-c2ccc3nc4n(c3n2)[C@@H](c2ccccc2)CC4)ccn1. The third kappa shape index (κ3) is 4.72. The highest BCUT2D eigenvalue weighted by Crippen LogP contribution is 2.36. The summed E-state index contributed by atoms with van der Waals surface area (Å²) >= 11 is 6.02. The van der Waals surface area contributed by atoms with Crippen LogP contribution in [0.15, 0.2) is 103 Å². The summed E-state index contributed by atoms with van der Waals surface area (Å²) in [5, 5.41) is 0.522. The second-order valence-electron chi connectivity index (χ2n) is 11.1. The first-order chi connectivity index (χ1) is 21.6. The van der Waals surface area contributed by atoms with E-state index in [1.165, 1.54) is 23.4 Å². The molecule has 0 unspecified atom stereocenters. The largest absolute Gasteiger partial charge is 0.305 e. The van der Waals surface area contributed by atoms with Gasteiger partial charge in [0, 0.05) is 30.7 Å². The van der Waals surface area contributed by atoms with Gasteiger partial charge in [-0.2, -0.15) is 4.39 Å². The zero-order chi connectivity index (χ0) is 29.6. The number of fused-ring (bicyclic) bond motifs is 6. The van der Waals surface area contributed by atoms with E-state index in [-0.39, 0.29) is 6.04 Å². The van der Waals surface area contributed by atoms with Crippen LogP contribution in [0, 0.1) is 5.95 Å². The number of hydrogen-bond donors (Lipinski definition) is 0. The molecule has 5 aromatic heterocycles. The number of aromatic nitrogens is 7. The second-order valence-corrected chi connectivity index (χ2v) is 11.5. The van der Waals surface area contributed by atoms with Gasteiger partial charge in [-0.15, -0.1) is 0 Å². The molecule has 44 heavy (non-hydrogen) atoms. The molecule has 2 atom stereocenters. The van der Waals surface area contributed by atoms with Crippen molar-refractivity contribution < 1.29 is 4.39 Å².